The van der Waals surface area contributed by atoms with Gasteiger partial charge in [0.1, 0.15) is 36.0 Å². The van der Waals surface area contributed by atoms with Crippen LogP contribution in [-0.4, -0.2) is 58.8 Å². The third-order valence-corrected chi connectivity index (χ3v) is 7.60. The standard InChI is InChI=1S/C24H26FN5O2.H2/c25-16-3-4-17-21(5-16)32-11-20(30-7-14-9-31-10-15(14)8-30)22(17)29-24-18-6-19(13-1-2-13)28-23(18)26-12-27-24;/h3-6,12-15,20,22H,1-2,7-11H2,(H2,26,27,28,29);1H/t14-,15+,20-,22-;/m1./s1. The number of ether oxygens (including phenoxy) is 2. The largest absolute Gasteiger partial charge is 0.491 e. The molecule has 0 spiro atoms. The van der Waals surface area contributed by atoms with Crippen molar-refractivity contribution in [2.45, 2.75) is 30.8 Å². The highest BCUT2D eigenvalue weighted by Crippen LogP contribution is 2.43. The maximum absolute atomic E-state index is 13.9. The van der Waals surface area contributed by atoms with E-state index in [9.17, 15) is 4.39 Å². The first-order valence-electron chi connectivity index (χ1n) is 11.6. The number of nitrogens with zero attached hydrogens (tertiary/aromatic N) is 3. The molecule has 0 radical (unpaired) electrons. The van der Waals surface area contributed by atoms with Gasteiger partial charge in [-0.1, -0.05) is 6.07 Å². The van der Waals surface area contributed by atoms with Crippen LogP contribution in [0, 0.1) is 17.7 Å². The maximum Gasteiger partial charge on any atom is 0.143 e. The average Bonchev–Trinajstić information content (AvgIpc) is 3.20. The number of aromatic amines is 1. The van der Waals surface area contributed by atoms with Crippen molar-refractivity contribution in [3.8, 4) is 5.75 Å². The Hall–Kier alpha value is -2.71. The van der Waals surface area contributed by atoms with Crippen LogP contribution in [0.5, 0.6) is 5.75 Å². The van der Waals surface area contributed by atoms with Crippen molar-refractivity contribution in [1.82, 2.24) is 19.9 Å². The number of hydrogen-bond donors (Lipinski definition) is 2. The number of hydrogen-bond acceptors (Lipinski definition) is 6. The predicted molar refractivity (Wildman–Crippen MR) is 119 cm³/mol. The van der Waals surface area contributed by atoms with Crippen molar-refractivity contribution in [2.24, 2.45) is 11.8 Å². The summed E-state index contributed by atoms with van der Waals surface area (Å²) in [5, 5.41) is 4.73. The minimum atomic E-state index is -0.280. The minimum absolute atomic E-state index is 0. The minimum Gasteiger partial charge on any atom is -0.491 e. The molecule has 7 nitrogen and oxygen atoms in total. The van der Waals surface area contributed by atoms with Crippen LogP contribution in [0.4, 0.5) is 10.2 Å². The number of benzene rings is 1. The molecule has 4 aliphatic rings. The average molecular weight is 438 g/mol. The van der Waals surface area contributed by atoms with Crippen LogP contribution >= 0.6 is 0 Å². The molecule has 2 N–H and O–H groups in total. The molecular formula is C24H28FN5O2. The number of fused-ring (bicyclic) bond motifs is 3. The fourth-order valence-corrected chi connectivity index (χ4v) is 5.69. The summed E-state index contributed by atoms with van der Waals surface area (Å²) < 4.78 is 25.7. The molecule has 1 aliphatic carbocycles. The van der Waals surface area contributed by atoms with Gasteiger partial charge >= 0.3 is 0 Å². The molecule has 0 bridgehead atoms. The second-order valence-corrected chi connectivity index (χ2v) is 9.68. The zero-order valence-electron chi connectivity index (χ0n) is 17.8. The fourth-order valence-electron chi connectivity index (χ4n) is 5.69. The highest BCUT2D eigenvalue weighted by atomic mass is 19.1. The Labute approximate surface area is 186 Å². The van der Waals surface area contributed by atoms with Crippen molar-refractivity contribution in [3.63, 3.8) is 0 Å². The molecule has 0 amide bonds. The third kappa shape index (κ3) is 3.08. The van der Waals surface area contributed by atoms with Crippen LogP contribution in [0.3, 0.4) is 0 Å². The molecule has 2 aromatic heterocycles. The lowest BCUT2D eigenvalue weighted by atomic mass is 9.94. The van der Waals surface area contributed by atoms with Gasteiger partial charge in [-0.2, -0.15) is 0 Å². The van der Waals surface area contributed by atoms with Crippen LogP contribution < -0.4 is 10.1 Å². The van der Waals surface area contributed by atoms with E-state index in [-0.39, 0.29) is 19.3 Å². The van der Waals surface area contributed by atoms with E-state index in [1.165, 1.54) is 30.7 Å². The van der Waals surface area contributed by atoms with E-state index < -0.39 is 0 Å². The molecule has 7 rings (SSSR count). The van der Waals surface area contributed by atoms with Crippen LogP contribution in [0.25, 0.3) is 11.0 Å². The summed E-state index contributed by atoms with van der Waals surface area (Å²) in [5.41, 5.74) is 3.07. The topological polar surface area (TPSA) is 75.3 Å². The first-order chi connectivity index (χ1) is 15.7. The summed E-state index contributed by atoms with van der Waals surface area (Å²) in [6.45, 7) is 4.21. The van der Waals surface area contributed by atoms with E-state index in [2.05, 4.69) is 31.2 Å². The van der Waals surface area contributed by atoms with Crippen molar-refractivity contribution in [3.05, 3.63) is 47.7 Å². The van der Waals surface area contributed by atoms with Gasteiger partial charge in [0, 0.05) is 43.7 Å². The summed E-state index contributed by atoms with van der Waals surface area (Å²) in [6.07, 6.45) is 4.06. The van der Waals surface area contributed by atoms with Gasteiger partial charge in [-0.25, -0.2) is 14.4 Å². The van der Waals surface area contributed by atoms with E-state index in [1.54, 1.807) is 6.33 Å². The number of rotatable bonds is 4. The highest BCUT2D eigenvalue weighted by Gasteiger charge is 2.44. The van der Waals surface area contributed by atoms with E-state index in [0.29, 0.717) is 30.1 Å². The van der Waals surface area contributed by atoms with E-state index in [0.717, 1.165) is 48.7 Å². The normalized spacial score (nSPS) is 29.7. The Morgan fingerprint density at radius 3 is 2.75 bits per heavy atom. The zero-order valence-corrected chi connectivity index (χ0v) is 17.8. The Morgan fingerprint density at radius 2 is 1.94 bits per heavy atom. The second-order valence-electron chi connectivity index (χ2n) is 9.68. The number of nitrogens with one attached hydrogen (secondary N) is 2. The van der Waals surface area contributed by atoms with Gasteiger partial charge in [0.05, 0.1) is 30.7 Å². The Balaban J connectivity index is 0.00000206. The van der Waals surface area contributed by atoms with Crippen LogP contribution in [0.2, 0.25) is 0 Å². The molecule has 1 saturated carbocycles. The Bertz CT molecular complexity index is 1170. The van der Waals surface area contributed by atoms with Gasteiger partial charge in [0.15, 0.2) is 0 Å². The van der Waals surface area contributed by atoms with Gasteiger partial charge in [-0.15, -0.1) is 0 Å². The smallest absolute Gasteiger partial charge is 0.143 e. The summed E-state index contributed by atoms with van der Waals surface area (Å²) in [6, 6.07) is 7.11. The molecule has 3 aliphatic heterocycles. The molecule has 168 valence electrons. The highest BCUT2D eigenvalue weighted by molar-refractivity contribution is 5.88. The molecule has 3 fully saturated rings. The summed E-state index contributed by atoms with van der Waals surface area (Å²) in [5.74, 6) is 2.93. The van der Waals surface area contributed by atoms with Crippen LogP contribution in [-0.2, 0) is 4.74 Å². The lowest BCUT2D eigenvalue weighted by molar-refractivity contribution is 0.0950. The molecule has 5 heterocycles. The molecule has 3 aromatic rings. The molecule has 8 heteroatoms. The SMILES string of the molecule is Fc1ccc2c(c1)OC[C@@H](N1C[C@H]3COC[C@H]3C1)[C@@H]2Nc1ncnc2[nH]c(C3CC3)cc12.[HH]. The molecular weight excluding hydrogens is 409 g/mol. The fraction of sp³-hybridized carbons (Fsp3) is 0.500. The molecule has 2 saturated heterocycles. The van der Waals surface area contributed by atoms with Gasteiger partial charge in [-0.05, 0) is 30.9 Å². The number of halogens is 1. The maximum atomic E-state index is 13.9. The zero-order chi connectivity index (χ0) is 21.2. The van der Waals surface area contributed by atoms with Gasteiger partial charge in [-0.3, -0.25) is 4.90 Å². The lowest BCUT2D eigenvalue weighted by Crippen LogP contribution is -2.48. The first-order valence-corrected chi connectivity index (χ1v) is 11.6. The quantitative estimate of drug-likeness (QED) is 0.648. The Kier molecular flexibility index (Phi) is 4.20. The van der Waals surface area contributed by atoms with Gasteiger partial charge < -0.3 is 19.8 Å². The number of anilines is 1. The van der Waals surface area contributed by atoms with Gasteiger partial charge in [0.25, 0.3) is 0 Å². The molecule has 4 atom stereocenters. The van der Waals surface area contributed by atoms with Crippen molar-refractivity contribution in [1.29, 1.82) is 0 Å². The third-order valence-electron chi connectivity index (χ3n) is 7.60. The van der Waals surface area contributed by atoms with E-state index >= 15 is 0 Å². The lowest BCUT2D eigenvalue weighted by Gasteiger charge is -2.40. The predicted octanol–water partition coefficient (Wildman–Crippen LogP) is 3.71. The second kappa shape index (κ2) is 7.15. The van der Waals surface area contributed by atoms with Crippen LogP contribution in [0.15, 0.2) is 30.6 Å². The Morgan fingerprint density at radius 1 is 1.09 bits per heavy atom. The molecule has 32 heavy (non-hydrogen) atoms. The summed E-state index contributed by atoms with van der Waals surface area (Å²) >= 11 is 0. The van der Waals surface area contributed by atoms with E-state index in [4.69, 9.17) is 9.47 Å². The number of aromatic nitrogens is 3. The first kappa shape index (κ1) is 18.8. The summed E-state index contributed by atoms with van der Waals surface area (Å²) in [7, 11) is 0. The van der Waals surface area contributed by atoms with Gasteiger partial charge in [0.2, 0.25) is 0 Å². The molecule has 1 aromatic carbocycles. The van der Waals surface area contributed by atoms with Crippen molar-refractivity contribution < 1.29 is 15.3 Å². The molecule has 0 unspecified atom stereocenters. The van der Waals surface area contributed by atoms with E-state index in [1.807, 2.05) is 6.07 Å². The number of likely N-dealkylation sites (tertiary alicyclic amines) is 1. The van der Waals surface area contributed by atoms with Crippen molar-refractivity contribution >= 4 is 16.9 Å². The summed E-state index contributed by atoms with van der Waals surface area (Å²) in [4.78, 5) is 15.0. The van der Waals surface area contributed by atoms with Crippen molar-refractivity contribution in [2.75, 3.05) is 38.2 Å². The monoisotopic (exact) mass is 437 g/mol. The number of H-pyrrole nitrogens is 1. The van der Waals surface area contributed by atoms with Crippen LogP contribution in [0.1, 0.15) is 37.5 Å².